The molecule has 0 atom stereocenters. The van der Waals surface area contributed by atoms with Crippen molar-refractivity contribution in [3.05, 3.63) is 35.4 Å². The minimum atomic E-state index is -4.47. The first kappa shape index (κ1) is 14.7. The number of hydrogen-bond acceptors (Lipinski definition) is 3. The Morgan fingerprint density at radius 1 is 1.32 bits per heavy atom. The summed E-state index contributed by atoms with van der Waals surface area (Å²) in [6, 6.07) is 4.41. The molecular formula is C11H10F3N3O2. The molecular weight excluding hydrogens is 263 g/mol. The van der Waals surface area contributed by atoms with Gasteiger partial charge in [0.2, 0.25) is 0 Å². The van der Waals surface area contributed by atoms with Crippen molar-refractivity contribution in [2.24, 2.45) is 10.8 Å². The van der Waals surface area contributed by atoms with Crippen LogP contribution < -0.4 is 11.2 Å². The largest absolute Gasteiger partial charge is 0.416 e. The molecule has 0 aliphatic rings. The van der Waals surface area contributed by atoms with Gasteiger partial charge in [-0.2, -0.15) is 18.3 Å². The summed E-state index contributed by atoms with van der Waals surface area (Å²) in [7, 11) is 0. The van der Waals surface area contributed by atoms with Crippen molar-refractivity contribution in [3.8, 4) is 0 Å². The monoisotopic (exact) mass is 273 g/mol. The van der Waals surface area contributed by atoms with E-state index in [1.807, 2.05) is 5.43 Å². The number of carbonyl (C=O) groups is 2. The molecule has 0 aromatic heterocycles. The minimum absolute atomic E-state index is 0.112. The lowest BCUT2D eigenvalue weighted by atomic mass is 10.1. The van der Waals surface area contributed by atoms with Crippen molar-refractivity contribution in [1.82, 2.24) is 5.43 Å². The summed E-state index contributed by atoms with van der Waals surface area (Å²) in [5.74, 6) is -2.38. The quantitative estimate of drug-likeness (QED) is 0.479. The van der Waals surface area contributed by atoms with Crippen molar-refractivity contribution < 1.29 is 22.8 Å². The molecule has 0 heterocycles. The Balaban J connectivity index is 2.94. The van der Waals surface area contributed by atoms with Crippen LogP contribution in [0.25, 0.3) is 0 Å². The highest BCUT2D eigenvalue weighted by Crippen LogP contribution is 2.29. The third kappa shape index (κ3) is 4.09. The van der Waals surface area contributed by atoms with Gasteiger partial charge in [-0.1, -0.05) is 12.1 Å². The lowest BCUT2D eigenvalue weighted by Gasteiger charge is -2.08. The fraction of sp³-hybridized carbons (Fsp3) is 0.182. The van der Waals surface area contributed by atoms with Crippen LogP contribution in [-0.2, 0) is 15.8 Å². The van der Waals surface area contributed by atoms with Crippen molar-refractivity contribution >= 4 is 17.5 Å². The first-order chi connectivity index (χ1) is 8.71. The van der Waals surface area contributed by atoms with Gasteiger partial charge in [-0.25, -0.2) is 5.43 Å². The van der Waals surface area contributed by atoms with Gasteiger partial charge in [-0.05, 0) is 24.6 Å². The molecule has 0 bridgehead atoms. The van der Waals surface area contributed by atoms with Gasteiger partial charge in [0, 0.05) is 0 Å². The van der Waals surface area contributed by atoms with Gasteiger partial charge in [-0.3, -0.25) is 9.59 Å². The zero-order valence-corrected chi connectivity index (χ0v) is 9.78. The normalized spacial score (nSPS) is 12.1. The molecule has 0 unspecified atom stereocenters. The minimum Gasteiger partial charge on any atom is -0.361 e. The Bertz CT molecular complexity index is 538. The lowest BCUT2D eigenvalue weighted by molar-refractivity contribution is -0.137. The van der Waals surface area contributed by atoms with E-state index in [2.05, 4.69) is 10.8 Å². The molecule has 0 aliphatic heterocycles. The summed E-state index contributed by atoms with van der Waals surface area (Å²) in [5.41, 5.74) is 5.95. The van der Waals surface area contributed by atoms with E-state index in [1.54, 1.807) is 0 Å². The Morgan fingerprint density at radius 2 is 1.95 bits per heavy atom. The molecule has 8 heteroatoms. The molecule has 1 rings (SSSR count). The molecule has 1 aromatic rings. The van der Waals surface area contributed by atoms with E-state index in [1.165, 1.54) is 19.1 Å². The van der Waals surface area contributed by atoms with Crippen LogP contribution in [0.5, 0.6) is 0 Å². The fourth-order valence-corrected chi connectivity index (χ4v) is 1.17. The summed E-state index contributed by atoms with van der Waals surface area (Å²) in [6.45, 7) is 1.39. The van der Waals surface area contributed by atoms with Crippen LogP contribution >= 0.6 is 0 Å². The molecule has 3 N–H and O–H groups in total. The molecule has 0 spiro atoms. The SMILES string of the molecule is C/C(=N\NC(=O)C(N)=O)c1cccc(C(F)(F)F)c1. The number of alkyl halides is 3. The summed E-state index contributed by atoms with van der Waals surface area (Å²) < 4.78 is 37.4. The van der Waals surface area contributed by atoms with Crippen LogP contribution in [0.3, 0.4) is 0 Å². The molecule has 0 radical (unpaired) electrons. The Morgan fingerprint density at radius 3 is 2.47 bits per heavy atom. The van der Waals surface area contributed by atoms with Gasteiger partial charge < -0.3 is 5.73 Å². The highest BCUT2D eigenvalue weighted by atomic mass is 19.4. The number of nitrogens with zero attached hydrogens (tertiary/aromatic N) is 1. The number of rotatable bonds is 2. The predicted molar refractivity (Wildman–Crippen MR) is 61.0 cm³/mol. The average Bonchev–Trinajstić information content (AvgIpc) is 2.34. The Labute approximate surface area is 106 Å². The first-order valence-corrected chi connectivity index (χ1v) is 5.03. The van der Waals surface area contributed by atoms with Crippen LogP contribution in [0.2, 0.25) is 0 Å². The number of primary amides is 1. The lowest BCUT2D eigenvalue weighted by Crippen LogP contribution is -2.33. The second-order valence-corrected chi connectivity index (χ2v) is 3.58. The van der Waals surface area contributed by atoms with E-state index in [9.17, 15) is 22.8 Å². The molecule has 2 amide bonds. The summed E-state index contributed by atoms with van der Waals surface area (Å²) in [4.78, 5) is 21.3. The highest BCUT2D eigenvalue weighted by molar-refractivity contribution is 6.34. The van der Waals surface area contributed by atoms with Crippen molar-refractivity contribution in [3.63, 3.8) is 0 Å². The molecule has 5 nitrogen and oxygen atoms in total. The van der Waals surface area contributed by atoms with Gasteiger partial charge in [0.15, 0.2) is 0 Å². The Hall–Kier alpha value is -2.38. The van der Waals surface area contributed by atoms with E-state index >= 15 is 0 Å². The van der Waals surface area contributed by atoms with Crippen LogP contribution in [0.4, 0.5) is 13.2 Å². The second kappa shape index (κ2) is 5.51. The van der Waals surface area contributed by atoms with E-state index in [0.717, 1.165) is 12.1 Å². The van der Waals surface area contributed by atoms with Gasteiger partial charge in [0.05, 0.1) is 11.3 Å². The fourth-order valence-electron chi connectivity index (χ4n) is 1.17. The number of halogens is 3. The molecule has 1 aromatic carbocycles. The van der Waals surface area contributed by atoms with Crippen LogP contribution in [0.15, 0.2) is 29.4 Å². The topological polar surface area (TPSA) is 84.6 Å². The molecule has 0 saturated carbocycles. The summed E-state index contributed by atoms with van der Waals surface area (Å²) in [6.07, 6.45) is -4.47. The van der Waals surface area contributed by atoms with E-state index in [0.29, 0.717) is 0 Å². The predicted octanol–water partition coefficient (Wildman–Crippen LogP) is 1.03. The van der Waals surface area contributed by atoms with E-state index in [4.69, 9.17) is 0 Å². The van der Waals surface area contributed by atoms with Gasteiger partial charge >= 0.3 is 18.0 Å². The maximum Gasteiger partial charge on any atom is 0.416 e. The number of hydrazone groups is 1. The third-order valence-corrected chi connectivity index (χ3v) is 2.16. The number of hydrogen-bond donors (Lipinski definition) is 2. The molecule has 19 heavy (non-hydrogen) atoms. The van der Waals surface area contributed by atoms with Crippen LogP contribution in [0, 0.1) is 0 Å². The molecule has 0 saturated heterocycles. The smallest absolute Gasteiger partial charge is 0.361 e. The second-order valence-electron chi connectivity index (χ2n) is 3.58. The standard InChI is InChI=1S/C11H10F3N3O2/c1-6(16-17-10(19)9(15)18)7-3-2-4-8(5-7)11(12,13)14/h2-5H,1H3,(H2,15,18)(H,17,19)/b16-6+. The number of nitrogens with two attached hydrogens (primary N) is 1. The summed E-state index contributed by atoms with van der Waals surface area (Å²) in [5, 5.41) is 3.49. The van der Waals surface area contributed by atoms with Crippen molar-refractivity contribution in [2.75, 3.05) is 0 Å². The van der Waals surface area contributed by atoms with Crippen LogP contribution in [0.1, 0.15) is 18.1 Å². The zero-order valence-electron chi connectivity index (χ0n) is 9.78. The molecule has 102 valence electrons. The van der Waals surface area contributed by atoms with Gasteiger partial charge in [0.1, 0.15) is 0 Å². The van der Waals surface area contributed by atoms with Gasteiger partial charge in [-0.15, -0.1) is 0 Å². The summed E-state index contributed by atoms with van der Waals surface area (Å²) >= 11 is 0. The first-order valence-electron chi connectivity index (χ1n) is 5.03. The number of carbonyl (C=O) groups excluding carboxylic acids is 2. The molecule has 0 aliphatic carbocycles. The van der Waals surface area contributed by atoms with E-state index < -0.39 is 23.6 Å². The number of benzene rings is 1. The molecule has 0 fully saturated rings. The maximum atomic E-state index is 12.5. The van der Waals surface area contributed by atoms with E-state index in [-0.39, 0.29) is 11.3 Å². The number of nitrogens with one attached hydrogen (secondary N) is 1. The highest BCUT2D eigenvalue weighted by Gasteiger charge is 2.30. The maximum absolute atomic E-state index is 12.5. The third-order valence-electron chi connectivity index (χ3n) is 2.16. The average molecular weight is 273 g/mol. The van der Waals surface area contributed by atoms with Gasteiger partial charge in [0.25, 0.3) is 0 Å². The van der Waals surface area contributed by atoms with Crippen molar-refractivity contribution in [2.45, 2.75) is 13.1 Å². The van der Waals surface area contributed by atoms with Crippen LogP contribution in [-0.4, -0.2) is 17.5 Å². The zero-order chi connectivity index (χ0) is 14.6. The number of amides is 2. The Kier molecular flexibility index (Phi) is 4.26. The van der Waals surface area contributed by atoms with Crippen molar-refractivity contribution in [1.29, 1.82) is 0 Å².